The van der Waals surface area contributed by atoms with Gasteiger partial charge in [0.05, 0.1) is 0 Å². The fourth-order valence-corrected chi connectivity index (χ4v) is 2.77. The maximum Gasteiger partial charge on any atom is 0.253 e. The number of rotatable bonds is 2. The van der Waals surface area contributed by atoms with E-state index in [9.17, 15) is 4.79 Å². The molecule has 1 heterocycles. The molecule has 1 aliphatic rings. The summed E-state index contributed by atoms with van der Waals surface area (Å²) in [5.41, 5.74) is 3.16. The van der Waals surface area contributed by atoms with Crippen molar-refractivity contribution in [1.29, 1.82) is 0 Å². The van der Waals surface area contributed by atoms with Crippen LogP contribution in [-0.4, -0.2) is 37.0 Å². The van der Waals surface area contributed by atoms with Crippen LogP contribution in [0.2, 0.25) is 0 Å². The van der Waals surface area contributed by atoms with Crippen molar-refractivity contribution < 1.29 is 4.79 Å². The Bertz CT molecular complexity index is 616. The number of para-hydroxylation sites is 1. The second kappa shape index (κ2) is 6.00. The van der Waals surface area contributed by atoms with Crippen LogP contribution >= 0.6 is 0 Å². The van der Waals surface area contributed by atoms with Crippen LogP contribution < -0.4 is 4.90 Å². The van der Waals surface area contributed by atoms with E-state index < -0.39 is 0 Å². The summed E-state index contributed by atoms with van der Waals surface area (Å²) in [5, 5.41) is 0. The Morgan fingerprint density at radius 2 is 1.62 bits per heavy atom. The van der Waals surface area contributed by atoms with Crippen LogP contribution in [-0.2, 0) is 0 Å². The van der Waals surface area contributed by atoms with Gasteiger partial charge in [0.1, 0.15) is 0 Å². The number of anilines is 1. The van der Waals surface area contributed by atoms with Gasteiger partial charge in [-0.2, -0.15) is 0 Å². The molecule has 1 amide bonds. The Labute approximate surface area is 125 Å². The van der Waals surface area contributed by atoms with Crippen LogP contribution in [0.4, 0.5) is 5.69 Å². The van der Waals surface area contributed by atoms with Gasteiger partial charge in [0.25, 0.3) is 5.91 Å². The van der Waals surface area contributed by atoms with Gasteiger partial charge in [-0.1, -0.05) is 35.9 Å². The Hall–Kier alpha value is -2.29. The molecule has 3 nitrogen and oxygen atoms in total. The first-order valence-corrected chi connectivity index (χ1v) is 7.40. The smallest absolute Gasteiger partial charge is 0.253 e. The first kappa shape index (κ1) is 13.7. The highest BCUT2D eigenvalue weighted by atomic mass is 16.2. The molecule has 1 fully saturated rings. The van der Waals surface area contributed by atoms with Crippen molar-refractivity contribution >= 4 is 11.6 Å². The van der Waals surface area contributed by atoms with Gasteiger partial charge in [-0.25, -0.2) is 0 Å². The number of benzene rings is 2. The van der Waals surface area contributed by atoms with Crippen molar-refractivity contribution in [1.82, 2.24) is 4.90 Å². The van der Waals surface area contributed by atoms with Crippen molar-refractivity contribution in [2.75, 3.05) is 31.1 Å². The molecule has 0 bridgehead atoms. The highest BCUT2D eigenvalue weighted by molar-refractivity contribution is 5.94. The lowest BCUT2D eigenvalue weighted by molar-refractivity contribution is 0.0746. The molecule has 0 aromatic heterocycles. The van der Waals surface area contributed by atoms with E-state index in [1.807, 2.05) is 42.2 Å². The van der Waals surface area contributed by atoms with Gasteiger partial charge in [0.15, 0.2) is 0 Å². The van der Waals surface area contributed by atoms with Gasteiger partial charge in [0.2, 0.25) is 0 Å². The molecule has 2 aromatic carbocycles. The van der Waals surface area contributed by atoms with E-state index in [1.54, 1.807) is 0 Å². The minimum absolute atomic E-state index is 0.145. The highest BCUT2D eigenvalue weighted by Crippen LogP contribution is 2.17. The van der Waals surface area contributed by atoms with E-state index in [1.165, 1.54) is 5.69 Å². The van der Waals surface area contributed by atoms with Crippen LogP contribution in [0.1, 0.15) is 15.9 Å². The predicted molar refractivity (Wildman–Crippen MR) is 85.7 cm³/mol. The molecule has 0 unspecified atom stereocenters. The summed E-state index contributed by atoms with van der Waals surface area (Å²) in [7, 11) is 0. The lowest BCUT2D eigenvalue weighted by atomic mass is 10.1. The largest absolute Gasteiger partial charge is 0.368 e. The van der Waals surface area contributed by atoms with E-state index in [2.05, 4.69) is 29.2 Å². The molecule has 3 rings (SSSR count). The van der Waals surface area contributed by atoms with E-state index >= 15 is 0 Å². The van der Waals surface area contributed by atoms with Crippen molar-refractivity contribution in [3.63, 3.8) is 0 Å². The zero-order valence-electron chi connectivity index (χ0n) is 12.3. The quantitative estimate of drug-likeness (QED) is 0.844. The molecule has 0 spiro atoms. The maximum absolute atomic E-state index is 12.5. The summed E-state index contributed by atoms with van der Waals surface area (Å²) < 4.78 is 0. The molecule has 0 N–H and O–H groups in total. The highest BCUT2D eigenvalue weighted by Gasteiger charge is 2.22. The molecule has 1 saturated heterocycles. The third-order valence-corrected chi connectivity index (χ3v) is 3.95. The first-order chi connectivity index (χ1) is 10.2. The Morgan fingerprint density at radius 3 is 2.29 bits per heavy atom. The van der Waals surface area contributed by atoms with Crippen LogP contribution in [0.5, 0.6) is 0 Å². The number of piperazine rings is 1. The Kier molecular flexibility index (Phi) is 3.91. The summed E-state index contributed by atoms with van der Waals surface area (Å²) >= 11 is 0. The number of nitrogens with zero attached hydrogens (tertiary/aromatic N) is 2. The number of carbonyl (C=O) groups excluding carboxylic acids is 1. The topological polar surface area (TPSA) is 23.6 Å². The minimum Gasteiger partial charge on any atom is -0.368 e. The van der Waals surface area contributed by atoms with Gasteiger partial charge >= 0.3 is 0 Å². The second-order valence-electron chi connectivity index (χ2n) is 5.48. The van der Waals surface area contributed by atoms with E-state index in [-0.39, 0.29) is 5.91 Å². The summed E-state index contributed by atoms with van der Waals surface area (Å²) in [6.07, 6.45) is 0. The maximum atomic E-state index is 12.5. The van der Waals surface area contributed by atoms with Crippen molar-refractivity contribution in [2.24, 2.45) is 0 Å². The molecule has 3 heteroatoms. The normalized spacial score (nSPS) is 15.1. The van der Waals surface area contributed by atoms with Crippen LogP contribution in [0, 0.1) is 6.92 Å². The molecule has 1 aliphatic heterocycles. The standard InChI is InChI=1S/C18H20N2O/c1-15-6-5-7-16(14-15)18(21)20-12-10-19(11-13-20)17-8-3-2-4-9-17/h2-9,14H,10-13H2,1H3. The minimum atomic E-state index is 0.145. The summed E-state index contributed by atoms with van der Waals surface area (Å²) in [4.78, 5) is 16.8. The van der Waals surface area contributed by atoms with Gasteiger partial charge in [-0.3, -0.25) is 4.79 Å². The van der Waals surface area contributed by atoms with Crippen molar-refractivity contribution in [3.05, 3.63) is 65.7 Å². The van der Waals surface area contributed by atoms with Crippen LogP contribution in [0.25, 0.3) is 0 Å². The first-order valence-electron chi connectivity index (χ1n) is 7.40. The summed E-state index contributed by atoms with van der Waals surface area (Å²) in [6, 6.07) is 18.2. The monoisotopic (exact) mass is 280 g/mol. The SMILES string of the molecule is Cc1cccc(C(=O)N2CCN(c3ccccc3)CC2)c1. The summed E-state index contributed by atoms with van der Waals surface area (Å²) in [5.74, 6) is 0.145. The lowest BCUT2D eigenvalue weighted by Gasteiger charge is -2.36. The number of hydrogen-bond acceptors (Lipinski definition) is 2. The molecule has 2 aromatic rings. The third-order valence-electron chi connectivity index (χ3n) is 3.95. The molecule has 0 atom stereocenters. The Morgan fingerprint density at radius 1 is 0.905 bits per heavy atom. The van der Waals surface area contributed by atoms with Crippen molar-refractivity contribution in [3.8, 4) is 0 Å². The van der Waals surface area contributed by atoms with Gasteiger partial charge in [-0.05, 0) is 31.2 Å². The molecular formula is C18H20N2O. The fourth-order valence-electron chi connectivity index (χ4n) is 2.77. The molecule has 21 heavy (non-hydrogen) atoms. The van der Waals surface area contributed by atoms with Crippen LogP contribution in [0.3, 0.4) is 0 Å². The molecule has 0 radical (unpaired) electrons. The fraction of sp³-hybridized carbons (Fsp3) is 0.278. The zero-order chi connectivity index (χ0) is 14.7. The van der Waals surface area contributed by atoms with Gasteiger partial charge < -0.3 is 9.80 Å². The molecule has 0 saturated carbocycles. The van der Waals surface area contributed by atoms with E-state index in [0.29, 0.717) is 0 Å². The number of aryl methyl sites for hydroxylation is 1. The third kappa shape index (κ3) is 3.07. The predicted octanol–water partition coefficient (Wildman–Crippen LogP) is 2.96. The van der Waals surface area contributed by atoms with Crippen molar-refractivity contribution in [2.45, 2.75) is 6.92 Å². The van der Waals surface area contributed by atoms with E-state index in [4.69, 9.17) is 0 Å². The summed E-state index contributed by atoms with van der Waals surface area (Å²) in [6.45, 7) is 5.36. The number of carbonyl (C=O) groups is 1. The zero-order valence-corrected chi connectivity index (χ0v) is 12.3. The van der Waals surface area contributed by atoms with E-state index in [0.717, 1.165) is 37.3 Å². The molecule has 0 aliphatic carbocycles. The molecule has 108 valence electrons. The van der Waals surface area contributed by atoms with Gasteiger partial charge in [0, 0.05) is 37.4 Å². The van der Waals surface area contributed by atoms with Gasteiger partial charge in [-0.15, -0.1) is 0 Å². The average Bonchev–Trinajstić information content (AvgIpc) is 2.55. The number of hydrogen-bond donors (Lipinski definition) is 0. The van der Waals surface area contributed by atoms with Crippen LogP contribution in [0.15, 0.2) is 54.6 Å². The average molecular weight is 280 g/mol. The molecular weight excluding hydrogens is 260 g/mol. The Balaban J connectivity index is 1.64. The lowest BCUT2D eigenvalue weighted by Crippen LogP contribution is -2.48. The second-order valence-corrected chi connectivity index (χ2v) is 5.48. The number of amides is 1.